The molecule has 0 bridgehead atoms. The van der Waals surface area contributed by atoms with Crippen molar-refractivity contribution in [1.82, 2.24) is 10.2 Å². The van der Waals surface area contributed by atoms with E-state index in [2.05, 4.69) is 5.32 Å². The molecule has 0 radical (unpaired) electrons. The first-order valence-corrected chi connectivity index (χ1v) is 7.67. The maximum atomic E-state index is 12.5. The summed E-state index contributed by atoms with van der Waals surface area (Å²) in [7, 11) is 0. The molecule has 1 fully saturated rings. The lowest BCUT2D eigenvalue weighted by Gasteiger charge is -2.26. The number of halogens is 3. The van der Waals surface area contributed by atoms with Crippen LogP contribution in [0.5, 0.6) is 0 Å². The zero-order valence-corrected chi connectivity index (χ0v) is 13.0. The number of hydrogen-bond acceptors (Lipinski definition) is 3. The number of likely N-dealkylation sites (tertiary alicyclic amines) is 1. The van der Waals surface area contributed by atoms with Gasteiger partial charge in [-0.3, -0.25) is 9.59 Å². The van der Waals surface area contributed by atoms with Crippen LogP contribution in [-0.4, -0.2) is 41.5 Å². The molecule has 0 aromatic heterocycles. The maximum absolute atomic E-state index is 12.5. The van der Waals surface area contributed by atoms with Gasteiger partial charge in [0.25, 0.3) is 0 Å². The van der Waals surface area contributed by atoms with Crippen LogP contribution in [0.2, 0.25) is 0 Å². The van der Waals surface area contributed by atoms with Crippen LogP contribution in [0, 0.1) is 0 Å². The zero-order valence-electron chi connectivity index (χ0n) is 13.0. The van der Waals surface area contributed by atoms with Crippen LogP contribution in [0.15, 0.2) is 24.3 Å². The molecule has 8 heteroatoms. The number of carbonyl (C=O) groups is 2. The molecule has 1 unspecified atom stereocenters. The number of hydrogen-bond donors (Lipinski definition) is 2. The molecule has 24 heavy (non-hydrogen) atoms. The fourth-order valence-electron chi connectivity index (χ4n) is 2.48. The lowest BCUT2D eigenvalue weighted by molar-refractivity contribution is -0.138. The van der Waals surface area contributed by atoms with Crippen molar-refractivity contribution in [2.75, 3.05) is 19.6 Å². The van der Waals surface area contributed by atoms with Crippen LogP contribution >= 0.6 is 0 Å². The molecule has 0 saturated carbocycles. The number of rotatable bonds is 5. The summed E-state index contributed by atoms with van der Waals surface area (Å²) >= 11 is 0. The first-order valence-electron chi connectivity index (χ1n) is 7.67. The number of aliphatic hydroxyl groups excluding tert-OH is 1. The quantitative estimate of drug-likeness (QED) is 0.857. The van der Waals surface area contributed by atoms with Crippen LogP contribution in [0.4, 0.5) is 13.2 Å². The summed E-state index contributed by atoms with van der Waals surface area (Å²) < 4.78 is 37.4. The Morgan fingerprint density at radius 3 is 2.50 bits per heavy atom. The molecule has 1 aromatic rings. The van der Waals surface area contributed by atoms with Gasteiger partial charge in [0, 0.05) is 19.5 Å². The van der Waals surface area contributed by atoms with Crippen molar-refractivity contribution in [3.05, 3.63) is 35.4 Å². The van der Waals surface area contributed by atoms with E-state index in [1.165, 1.54) is 17.0 Å². The second kappa shape index (κ2) is 7.65. The van der Waals surface area contributed by atoms with Crippen molar-refractivity contribution in [2.24, 2.45) is 0 Å². The van der Waals surface area contributed by atoms with Gasteiger partial charge in [0.1, 0.15) is 0 Å². The minimum atomic E-state index is -4.43. The fraction of sp³-hybridized carbons (Fsp3) is 0.500. The molecule has 1 aliphatic rings. The summed E-state index contributed by atoms with van der Waals surface area (Å²) in [6, 6.07) is 4.11. The lowest BCUT2D eigenvalue weighted by Crippen LogP contribution is -2.43. The average molecular weight is 344 g/mol. The van der Waals surface area contributed by atoms with Crippen molar-refractivity contribution < 1.29 is 27.9 Å². The van der Waals surface area contributed by atoms with Gasteiger partial charge in [-0.05, 0) is 30.5 Å². The van der Waals surface area contributed by atoms with Gasteiger partial charge in [0.2, 0.25) is 11.8 Å². The summed E-state index contributed by atoms with van der Waals surface area (Å²) in [4.78, 5) is 24.9. The number of nitrogens with one attached hydrogen (secondary N) is 1. The number of benzene rings is 1. The highest BCUT2D eigenvalue weighted by Gasteiger charge is 2.30. The molecule has 1 aliphatic heterocycles. The molecule has 0 spiro atoms. The van der Waals surface area contributed by atoms with Crippen molar-refractivity contribution in [3.8, 4) is 0 Å². The summed E-state index contributed by atoms with van der Waals surface area (Å²) in [6.45, 7) is 0.332. The Morgan fingerprint density at radius 1 is 1.25 bits per heavy atom. The predicted molar refractivity (Wildman–Crippen MR) is 79.8 cm³/mol. The Kier molecular flexibility index (Phi) is 5.82. The molecule has 132 valence electrons. The Hall–Kier alpha value is -2.09. The summed E-state index contributed by atoms with van der Waals surface area (Å²) in [5, 5.41) is 12.4. The van der Waals surface area contributed by atoms with E-state index in [9.17, 15) is 27.9 Å². The third-order valence-electron chi connectivity index (χ3n) is 3.87. The van der Waals surface area contributed by atoms with Gasteiger partial charge in [-0.2, -0.15) is 13.2 Å². The van der Waals surface area contributed by atoms with Crippen molar-refractivity contribution >= 4 is 11.8 Å². The molecule has 2 rings (SSSR count). The van der Waals surface area contributed by atoms with Gasteiger partial charge in [-0.1, -0.05) is 12.1 Å². The Labute approximate surface area is 137 Å². The molecule has 1 atom stereocenters. The standard InChI is InChI=1S/C16H19F3N2O3/c17-16(18,19)12-6-4-11(5-7-12)13(22)9-20-14(23)10-21-8-2-1-3-15(21)24/h4-7,13,22H,1-3,8-10H2,(H,20,23). The Morgan fingerprint density at radius 2 is 1.92 bits per heavy atom. The van der Waals surface area contributed by atoms with Gasteiger partial charge in [-0.15, -0.1) is 0 Å². The van der Waals surface area contributed by atoms with E-state index in [-0.39, 0.29) is 24.6 Å². The average Bonchev–Trinajstić information content (AvgIpc) is 2.54. The molecular formula is C16H19F3N2O3. The first kappa shape index (κ1) is 18.3. The minimum Gasteiger partial charge on any atom is -0.387 e. The van der Waals surface area contributed by atoms with E-state index in [1.54, 1.807) is 0 Å². The normalized spacial score (nSPS) is 16.8. The number of amides is 2. The summed E-state index contributed by atoms with van der Waals surface area (Å²) in [5.74, 6) is -0.476. The van der Waals surface area contributed by atoms with Gasteiger partial charge >= 0.3 is 6.18 Å². The number of piperidine rings is 1. The van der Waals surface area contributed by atoms with Crippen LogP contribution in [0.3, 0.4) is 0 Å². The van der Waals surface area contributed by atoms with Crippen molar-refractivity contribution in [1.29, 1.82) is 0 Å². The largest absolute Gasteiger partial charge is 0.416 e. The van der Waals surface area contributed by atoms with E-state index >= 15 is 0 Å². The van der Waals surface area contributed by atoms with Crippen LogP contribution in [-0.2, 0) is 15.8 Å². The van der Waals surface area contributed by atoms with E-state index in [4.69, 9.17) is 0 Å². The molecule has 1 heterocycles. The molecule has 1 saturated heterocycles. The monoisotopic (exact) mass is 344 g/mol. The van der Waals surface area contributed by atoms with Gasteiger partial charge in [0.15, 0.2) is 0 Å². The van der Waals surface area contributed by atoms with Crippen LogP contribution in [0.25, 0.3) is 0 Å². The SMILES string of the molecule is O=C(CN1CCCCC1=O)NCC(O)c1ccc(C(F)(F)F)cc1. The highest BCUT2D eigenvalue weighted by atomic mass is 19.4. The number of nitrogens with zero attached hydrogens (tertiary/aromatic N) is 1. The topological polar surface area (TPSA) is 69.6 Å². The van der Waals surface area contributed by atoms with Crippen LogP contribution in [0.1, 0.15) is 36.5 Å². The third-order valence-corrected chi connectivity index (χ3v) is 3.87. The second-order valence-electron chi connectivity index (χ2n) is 5.71. The van der Waals surface area contributed by atoms with Gasteiger partial charge < -0.3 is 15.3 Å². The van der Waals surface area contributed by atoms with E-state index in [1.807, 2.05) is 0 Å². The van der Waals surface area contributed by atoms with E-state index in [0.29, 0.717) is 13.0 Å². The van der Waals surface area contributed by atoms with Crippen molar-refractivity contribution in [3.63, 3.8) is 0 Å². The first-order chi connectivity index (χ1) is 11.3. The van der Waals surface area contributed by atoms with Crippen molar-refractivity contribution in [2.45, 2.75) is 31.5 Å². The Bertz CT molecular complexity index is 587. The molecule has 0 aliphatic carbocycles. The molecule has 1 aromatic carbocycles. The second-order valence-corrected chi connectivity index (χ2v) is 5.71. The molecular weight excluding hydrogens is 325 g/mol. The fourth-order valence-corrected chi connectivity index (χ4v) is 2.48. The molecule has 5 nitrogen and oxygen atoms in total. The number of carbonyl (C=O) groups excluding carboxylic acids is 2. The summed E-state index contributed by atoms with van der Waals surface area (Å²) in [6.07, 6.45) is -3.44. The zero-order chi connectivity index (χ0) is 17.7. The lowest BCUT2D eigenvalue weighted by atomic mass is 10.1. The van der Waals surface area contributed by atoms with Crippen LogP contribution < -0.4 is 5.32 Å². The van der Waals surface area contributed by atoms with Gasteiger partial charge in [0.05, 0.1) is 18.2 Å². The maximum Gasteiger partial charge on any atom is 0.416 e. The molecule has 2 amide bonds. The van der Waals surface area contributed by atoms with Gasteiger partial charge in [-0.25, -0.2) is 0 Å². The third kappa shape index (κ3) is 4.95. The summed E-state index contributed by atoms with van der Waals surface area (Å²) in [5.41, 5.74) is -0.525. The number of aliphatic hydroxyl groups is 1. The number of alkyl halides is 3. The smallest absolute Gasteiger partial charge is 0.387 e. The Balaban J connectivity index is 1.82. The van der Waals surface area contributed by atoms with E-state index < -0.39 is 23.8 Å². The highest BCUT2D eigenvalue weighted by Crippen LogP contribution is 2.29. The molecule has 2 N–H and O–H groups in total. The highest BCUT2D eigenvalue weighted by molar-refractivity contribution is 5.85. The minimum absolute atomic E-state index is 0.0697. The van der Waals surface area contributed by atoms with E-state index in [0.717, 1.165) is 25.0 Å². The predicted octanol–water partition coefficient (Wildman–Crippen LogP) is 1.87.